The number of benzene rings is 2. The number of allylic oxidation sites excluding steroid dienone is 1. The van der Waals surface area contributed by atoms with E-state index >= 15 is 0 Å². The van der Waals surface area contributed by atoms with Crippen molar-refractivity contribution in [2.45, 2.75) is 15.6 Å². The van der Waals surface area contributed by atoms with Gasteiger partial charge < -0.3 is 10.1 Å². The molecule has 3 nitrogen and oxygen atoms in total. The van der Waals surface area contributed by atoms with E-state index in [1.54, 1.807) is 0 Å². The number of hydrogen-bond acceptors (Lipinski definition) is 2. The van der Waals surface area contributed by atoms with Crippen LogP contribution in [0.5, 0.6) is 0 Å². The van der Waals surface area contributed by atoms with Crippen LogP contribution in [0, 0.1) is 0 Å². The topological polar surface area (TPSA) is 38.3 Å². The van der Waals surface area contributed by atoms with Crippen LogP contribution in [-0.4, -0.2) is 23.0 Å². The molecule has 0 spiro atoms. The van der Waals surface area contributed by atoms with Crippen LogP contribution < -0.4 is 5.32 Å². The monoisotopic (exact) mass is 423 g/mol. The highest BCUT2D eigenvalue weighted by Crippen LogP contribution is 2.35. The summed E-state index contributed by atoms with van der Waals surface area (Å²) in [7, 11) is 0. The standard InChI is InChI=1S/C21H20Cl3NO2/c1-2-3-14-20(17-10-6-4-7-11-17,18-12-8-5-9-13-18)15-25-19(26)27-16-21(22,23)24/h3-13H,1,14-16H2,(H,25,26). The molecule has 0 unspecified atom stereocenters. The maximum absolute atomic E-state index is 12.1. The average Bonchev–Trinajstić information content (AvgIpc) is 2.68. The van der Waals surface area contributed by atoms with E-state index in [1.165, 1.54) is 0 Å². The van der Waals surface area contributed by atoms with Crippen LogP contribution in [0.4, 0.5) is 4.79 Å². The van der Waals surface area contributed by atoms with Gasteiger partial charge in [0.15, 0.2) is 0 Å². The third-order valence-electron chi connectivity index (χ3n) is 4.15. The number of hydrogen-bond donors (Lipinski definition) is 1. The second kappa shape index (κ2) is 9.87. The second-order valence-corrected chi connectivity index (χ2v) is 8.49. The quantitative estimate of drug-likeness (QED) is 0.450. The van der Waals surface area contributed by atoms with Crippen molar-refractivity contribution in [3.63, 3.8) is 0 Å². The summed E-state index contributed by atoms with van der Waals surface area (Å²) in [6.45, 7) is 3.62. The number of ether oxygens (including phenoxy) is 1. The van der Waals surface area contributed by atoms with E-state index in [4.69, 9.17) is 39.5 Å². The van der Waals surface area contributed by atoms with Gasteiger partial charge in [0, 0.05) is 12.0 Å². The smallest absolute Gasteiger partial charge is 0.407 e. The molecule has 2 aromatic rings. The average molecular weight is 425 g/mol. The first-order valence-corrected chi connectivity index (χ1v) is 9.43. The van der Waals surface area contributed by atoms with Crippen LogP contribution in [-0.2, 0) is 10.2 Å². The van der Waals surface area contributed by atoms with Gasteiger partial charge in [-0.15, -0.1) is 5.73 Å². The minimum Gasteiger partial charge on any atom is -0.445 e. The summed E-state index contributed by atoms with van der Waals surface area (Å²) in [6.07, 6.45) is 1.80. The molecule has 1 N–H and O–H groups in total. The lowest BCUT2D eigenvalue weighted by atomic mass is 9.72. The zero-order valence-corrected chi connectivity index (χ0v) is 16.9. The fraction of sp³-hybridized carbons (Fsp3) is 0.238. The number of carbonyl (C=O) groups is 1. The summed E-state index contributed by atoms with van der Waals surface area (Å²) in [6, 6.07) is 19.9. The molecule has 2 aromatic carbocycles. The molecule has 0 aliphatic carbocycles. The molecule has 1 amide bonds. The van der Waals surface area contributed by atoms with Gasteiger partial charge in [-0.2, -0.15) is 0 Å². The molecule has 0 aromatic heterocycles. The Morgan fingerprint density at radius 1 is 1.04 bits per heavy atom. The van der Waals surface area contributed by atoms with Crippen molar-refractivity contribution in [1.29, 1.82) is 0 Å². The molecule has 142 valence electrons. The third kappa shape index (κ3) is 6.34. The van der Waals surface area contributed by atoms with Gasteiger partial charge in [0.1, 0.15) is 6.61 Å². The van der Waals surface area contributed by atoms with Crippen LogP contribution >= 0.6 is 34.8 Å². The van der Waals surface area contributed by atoms with Crippen molar-refractivity contribution in [3.8, 4) is 0 Å². The zero-order valence-electron chi connectivity index (χ0n) is 14.6. The number of carbonyl (C=O) groups excluding carboxylic acids is 1. The minimum atomic E-state index is -1.65. The van der Waals surface area contributed by atoms with E-state index in [9.17, 15) is 4.79 Å². The molecule has 0 radical (unpaired) electrons. The lowest BCUT2D eigenvalue weighted by Crippen LogP contribution is -2.42. The first-order chi connectivity index (χ1) is 12.9. The molecule has 0 atom stereocenters. The molecular formula is C21H20Cl3NO2. The number of alkyl carbamates (subject to hydrolysis) is 1. The van der Waals surface area contributed by atoms with Crippen molar-refractivity contribution in [3.05, 3.63) is 90.2 Å². The van der Waals surface area contributed by atoms with Gasteiger partial charge in [0.05, 0.1) is 0 Å². The van der Waals surface area contributed by atoms with Crippen LogP contribution in [0.15, 0.2) is 79.0 Å². The molecule has 0 heterocycles. The van der Waals surface area contributed by atoms with Crippen LogP contribution in [0.25, 0.3) is 0 Å². The van der Waals surface area contributed by atoms with E-state index in [0.717, 1.165) is 11.1 Å². The minimum absolute atomic E-state index is 0.290. The van der Waals surface area contributed by atoms with E-state index in [-0.39, 0.29) is 13.2 Å². The number of alkyl halides is 3. The summed E-state index contributed by atoms with van der Waals surface area (Å²) in [5.41, 5.74) is 4.39. The van der Waals surface area contributed by atoms with Gasteiger partial charge in [-0.05, 0) is 23.6 Å². The Balaban J connectivity index is 2.34. The molecule has 0 fully saturated rings. The van der Waals surface area contributed by atoms with Gasteiger partial charge in [-0.1, -0.05) is 102 Å². The van der Waals surface area contributed by atoms with E-state index in [2.05, 4.69) is 17.6 Å². The lowest BCUT2D eigenvalue weighted by Gasteiger charge is -2.34. The summed E-state index contributed by atoms with van der Waals surface area (Å²) < 4.78 is 3.34. The van der Waals surface area contributed by atoms with Crippen molar-refractivity contribution in [2.75, 3.05) is 13.2 Å². The van der Waals surface area contributed by atoms with Crippen molar-refractivity contribution >= 4 is 40.9 Å². The van der Waals surface area contributed by atoms with Crippen LogP contribution in [0.2, 0.25) is 0 Å². The Labute approximate surface area is 174 Å². The highest BCUT2D eigenvalue weighted by molar-refractivity contribution is 6.67. The van der Waals surface area contributed by atoms with Gasteiger partial charge >= 0.3 is 6.09 Å². The van der Waals surface area contributed by atoms with E-state index in [1.807, 2.05) is 66.7 Å². The number of halogens is 3. The first kappa shape index (κ1) is 21.4. The molecule has 2 rings (SSSR count). The van der Waals surface area contributed by atoms with Gasteiger partial charge in [0.2, 0.25) is 3.79 Å². The highest BCUT2D eigenvalue weighted by Gasteiger charge is 2.34. The maximum atomic E-state index is 12.1. The van der Waals surface area contributed by atoms with Crippen molar-refractivity contribution in [1.82, 2.24) is 5.32 Å². The number of nitrogens with one attached hydrogen (secondary N) is 1. The Morgan fingerprint density at radius 3 is 2.00 bits per heavy atom. The molecule has 0 aliphatic rings. The van der Waals surface area contributed by atoms with Crippen LogP contribution in [0.1, 0.15) is 17.5 Å². The summed E-state index contributed by atoms with van der Waals surface area (Å²) in [5, 5.41) is 2.80. The highest BCUT2D eigenvalue weighted by atomic mass is 35.6. The summed E-state index contributed by atoms with van der Waals surface area (Å²) in [4.78, 5) is 12.1. The van der Waals surface area contributed by atoms with Gasteiger partial charge in [-0.3, -0.25) is 0 Å². The lowest BCUT2D eigenvalue weighted by molar-refractivity contribution is 0.146. The predicted octanol–water partition coefficient (Wildman–Crippen LogP) is 5.80. The molecule has 27 heavy (non-hydrogen) atoms. The van der Waals surface area contributed by atoms with Crippen molar-refractivity contribution < 1.29 is 9.53 Å². The molecule has 0 bridgehead atoms. The largest absolute Gasteiger partial charge is 0.445 e. The first-order valence-electron chi connectivity index (χ1n) is 8.30. The zero-order chi connectivity index (χ0) is 19.8. The fourth-order valence-electron chi connectivity index (χ4n) is 2.86. The molecule has 6 heteroatoms. The molecule has 0 saturated heterocycles. The normalized spacial score (nSPS) is 11.4. The molecule has 0 saturated carbocycles. The van der Waals surface area contributed by atoms with Gasteiger partial charge in [0.25, 0.3) is 0 Å². The van der Waals surface area contributed by atoms with E-state index in [0.29, 0.717) is 6.42 Å². The molecular weight excluding hydrogens is 405 g/mol. The Kier molecular flexibility index (Phi) is 7.82. The predicted molar refractivity (Wildman–Crippen MR) is 112 cm³/mol. The number of rotatable bonds is 7. The fourth-order valence-corrected chi connectivity index (χ4v) is 3.02. The van der Waals surface area contributed by atoms with E-state index < -0.39 is 15.3 Å². The molecule has 0 aliphatic heterocycles. The van der Waals surface area contributed by atoms with Crippen molar-refractivity contribution in [2.24, 2.45) is 0 Å². The maximum Gasteiger partial charge on any atom is 0.407 e. The third-order valence-corrected chi connectivity index (χ3v) is 4.48. The number of amides is 1. The summed E-state index contributed by atoms with van der Waals surface area (Å²) >= 11 is 16.9. The Bertz CT molecular complexity index is 743. The Morgan fingerprint density at radius 2 is 1.56 bits per heavy atom. The van der Waals surface area contributed by atoms with Gasteiger partial charge in [-0.25, -0.2) is 4.79 Å². The Hall–Kier alpha value is -1.90. The summed E-state index contributed by atoms with van der Waals surface area (Å²) in [5.74, 6) is 0. The SMILES string of the molecule is C=C=CCC(CNC(=O)OCC(Cl)(Cl)Cl)(c1ccccc1)c1ccccc1. The van der Waals surface area contributed by atoms with Crippen LogP contribution in [0.3, 0.4) is 0 Å². The second-order valence-electron chi connectivity index (χ2n) is 5.97.